The Morgan fingerprint density at radius 2 is 2.05 bits per heavy atom. The summed E-state index contributed by atoms with van der Waals surface area (Å²) in [5.74, 6) is -0.870. The topological polar surface area (TPSA) is 83.4 Å². The van der Waals surface area contributed by atoms with Crippen molar-refractivity contribution in [1.29, 1.82) is 0 Å². The lowest BCUT2D eigenvalue weighted by Gasteiger charge is -2.06. The van der Waals surface area contributed by atoms with E-state index in [9.17, 15) is 9.59 Å². The van der Waals surface area contributed by atoms with E-state index in [0.29, 0.717) is 0 Å². The Kier molecular flexibility index (Phi) is 4.45. The Bertz CT molecular complexity index is 635. The summed E-state index contributed by atoms with van der Waals surface area (Å²) in [6, 6.07) is 9.32. The van der Waals surface area contributed by atoms with Crippen LogP contribution in [0.2, 0.25) is 0 Å². The van der Waals surface area contributed by atoms with Gasteiger partial charge in [0.1, 0.15) is 5.70 Å². The van der Waals surface area contributed by atoms with Gasteiger partial charge in [-0.05, 0) is 5.56 Å². The van der Waals surface area contributed by atoms with E-state index in [1.165, 1.54) is 20.4 Å². The van der Waals surface area contributed by atoms with Crippen molar-refractivity contribution in [1.82, 2.24) is 10.3 Å². The van der Waals surface area contributed by atoms with Crippen LogP contribution in [0.3, 0.4) is 0 Å². The normalized spacial score (nSPS) is 18.6. The van der Waals surface area contributed by atoms with Gasteiger partial charge >= 0.3 is 5.97 Å². The summed E-state index contributed by atoms with van der Waals surface area (Å²) < 4.78 is 4.49. The molecule has 1 fully saturated rings. The first-order valence-electron chi connectivity index (χ1n) is 6.12. The minimum atomic E-state index is -0.629. The lowest BCUT2D eigenvalue weighted by Crippen LogP contribution is -2.27. The van der Waals surface area contributed by atoms with Crippen LogP contribution in [0.4, 0.5) is 0 Å². The van der Waals surface area contributed by atoms with Crippen molar-refractivity contribution < 1.29 is 14.3 Å². The van der Waals surface area contributed by atoms with Crippen molar-refractivity contribution in [3.63, 3.8) is 0 Å². The number of hydrogen-bond acceptors (Lipinski definition) is 5. The van der Waals surface area contributed by atoms with Crippen molar-refractivity contribution in [2.45, 2.75) is 0 Å². The van der Waals surface area contributed by atoms with Gasteiger partial charge in [-0.2, -0.15) is 10.1 Å². The molecular formula is C14H14N4O3. The van der Waals surface area contributed by atoms with Gasteiger partial charge in [0.2, 0.25) is 5.96 Å². The highest BCUT2D eigenvalue weighted by Gasteiger charge is 2.32. The summed E-state index contributed by atoms with van der Waals surface area (Å²) in [7, 11) is 2.75. The minimum absolute atomic E-state index is 0.0626. The van der Waals surface area contributed by atoms with E-state index < -0.39 is 11.9 Å². The van der Waals surface area contributed by atoms with E-state index in [2.05, 4.69) is 20.1 Å². The van der Waals surface area contributed by atoms with Gasteiger partial charge < -0.3 is 10.1 Å². The Morgan fingerprint density at radius 3 is 2.67 bits per heavy atom. The first-order chi connectivity index (χ1) is 10.2. The third-order valence-corrected chi connectivity index (χ3v) is 2.67. The number of nitrogens with one attached hydrogen (secondary N) is 1. The Morgan fingerprint density at radius 1 is 1.33 bits per heavy atom. The van der Waals surface area contributed by atoms with Crippen molar-refractivity contribution >= 4 is 24.1 Å². The van der Waals surface area contributed by atoms with Crippen molar-refractivity contribution in [3.8, 4) is 0 Å². The standard InChI is InChI=1S/C14H14N4O3/c1-15-14-17-11(8-12(19)21-2)13(20)18(14)16-9-10-6-4-3-5-7-10/h3-9H,1-2H3,(H,15,17)/b11-8+,16-9+. The zero-order valence-electron chi connectivity index (χ0n) is 11.6. The molecule has 0 aliphatic carbocycles. The van der Waals surface area contributed by atoms with Gasteiger partial charge in [-0.3, -0.25) is 9.79 Å². The van der Waals surface area contributed by atoms with Gasteiger partial charge in [-0.25, -0.2) is 4.79 Å². The molecule has 1 saturated heterocycles. The molecule has 108 valence electrons. The molecule has 1 N–H and O–H groups in total. The monoisotopic (exact) mass is 286 g/mol. The summed E-state index contributed by atoms with van der Waals surface area (Å²) in [4.78, 5) is 27.3. The molecule has 7 heteroatoms. The number of esters is 1. The molecule has 1 aromatic carbocycles. The van der Waals surface area contributed by atoms with Gasteiger partial charge in [-0.15, -0.1) is 0 Å². The van der Waals surface area contributed by atoms with E-state index in [4.69, 9.17) is 0 Å². The highest BCUT2D eigenvalue weighted by atomic mass is 16.5. The predicted octanol–water partition coefficient (Wildman–Crippen LogP) is 0.495. The molecule has 0 bridgehead atoms. The molecule has 1 aliphatic rings. The molecule has 1 amide bonds. The van der Waals surface area contributed by atoms with E-state index in [1.54, 1.807) is 0 Å². The first-order valence-corrected chi connectivity index (χ1v) is 6.12. The number of ether oxygens (including phenoxy) is 1. The number of amides is 1. The number of hydrazone groups is 1. The molecule has 1 aliphatic heterocycles. The van der Waals surface area contributed by atoms with Gasteiger partial charge in [0.05, 0.1) is 19.4 Å². The molecule has 0 unspecified atom stereocenters. The summed E-state index contributed by atoms with van der Waals surface area (Å²) in [6.45, 7) is 0. The Hall–Kier alpha value is -2.96. The fourth-order valence-electron chi connectivity index (χ4n) is 1.63. The Labute approximate surface area is 121 Å². The fraction of sp³-hybridized carbons (Fsp3) is 0.143. The zero-order valence-corrected chi connectivity index (χ0v) is 11.6. The highest BCUT2D eigenvalue weighted by molar-refractivity contribution is 6.15. The van der Waals surface area contributed by atoms with E-state index in [0.717, 1.165) is 16.6 Å². The highest BCUT2D eigenvalue weighted by Crippen LogP contribution is 2.10. The van der Waals surface area contributed by atoms with Crippen LogP contribution in [0.25, 0.3) is 0 Å². The number of rotatable bonds is 3. The van der Waals surface area contributed by atoms with Gasteiger partial charge in [0.15, 0.2) is 0 Å². The molecule has 0 aromatic heterocycles. The second kappa shape index (κ2) is 6.47. The maximum absolute atomic E-state index is 12.1. The first kappa shape index (κ1) is 14.4. The van der Waals surface area contributed by atoms with Gasteiger partial charge in [0, 0.05) is 7.05 Å². The SMILES string of the molecule is CN=C1N/C(=C/C(=O)OC)C(=O)N1/N=C/c1ccccc1. The number of carbonyl (C=O) groups excluding carboxylic acids is 2. The van der Waals surface area contributed by atoms with Crippen molar-refractivity contribution in [3.05, 3.63) is 47.7 Å². The largest absolute Gasteiger partial charge is 0.466 e. The lowest BCUT2D eigenvalue weighted by molar-refractivity contribution is -0.135. The van der Waals surface area contributed by atoms with Crippen LogP contribution in [0.5, 0.6) is 0 Å². The fourth-order valence-corrected chi connectivity index (χ4v) is 1.63. The van der Waals surface area contributed by atoms with Crippen LogP contribution in [-0.2, 0) is 14.3 Å². The number of guanidine groups is 1. The summed E-state index contributed by atoms with van der Waals surface area (Å²) in [5.41, 5.74) is 0.902. The van der Waals surface area contributed by atoms with Crippen LogP contribution < -0.4 is 5.32 Å². The molecule has 0 radical (unpaired) electrons. The number of benzene rings is 1. The van der Waals surface area contributed by atoms with Crippen molar-refractivity contribution in [2.75, 3.05) is 14.2 Å². The average Bonchev–Trinajstić information content (AvgIpc) is 2.82. The second-order valence-electron chi connectivity index (χ2n) is 4.03. The van der Waals surface area contributed by atoms with Crippen LogP contribution in [0, 0.1) is 0 Å². The second-order valence-corrected chi connectivity index (χ2v) is 4.03. The van der Waals surface area contributed by atoms with E-state index in [1.807, 2.05) is 30.3 Å². The number of nitrogens with zero attached hydrogens (tertiary/aromatic N) is 3. The van der Waals surface area contributed by atoms with Crippen LogP contribution in [0.1, 0.15) is 5.56 Å². The van der Waals surface area contributed by atoms with Gasteiger partial charge in [-0.1, -0.05) is 30.3 Å². The predicted molar refractivity (Wildman–Crippen MR) is 77.5 cm³/mol. The number of aliphatic imine (C=N–C) groups is 1. The molecule has 0 spiro atoms. The third-order valence-electron chi connectivity index (χ3n) is 2.67. The van der Waals surface area contributed by atoms with Gasteiger partial charge in [0.25, 0.3) is 5.91 Å². The molecule has 7 nitrogen and oxygen atoms in total. The molecule has 0 saturated carbocycles. The molecule has 0 atom stereocenters. The lowest BCUT2D eigenvalue weighted by atomic mass is 10.2. The smallest absolute Gasteiger partial charge is 0.332 e. The third kappa shape index (κ3) is 3.33. The van der Waals surface area contributed by atoms with E-state index in [-0.39, 0.29) is 11.7 Å². The van der Waals surface area contributed by atoms with Crippen LogP contribution >= 0.6 is 0 Å². The van der Waals surface area contributed by atoms with E-state index >= 15 is 0 Å². The molecule has 1 aromatic rings. The zero-order chi connectivity index (χ0) is 15.2. The Balaban J connectivity index is 2.23. The van der Waals surface area contributed by atoms with Crippen LogP contribution in [0.15, 0.2) is 52.2 Å². The minimum Gasteiger partial charge on any atom is -0.466 e. The molecular weight excluding hydrogens is 272 g/mol. The number of carbonyl (C=O) groups is 2. The summed E-state index contributed by atoms with van der Waals surface area (Å²) in [6.07, 6.45) is 2.59. The molecule has 1 heterocycles. The maximum Gasteiger partial charge on any atom is 0.332 e. The maximum atomic E-state index is 12.1. The summed E-state index contributed by atoms with van der Waals surface area (Å²) in [5, 5.41) is 7.88. The van der Waals surface area contributed by atoms with Crippen LogP contribution in [-0.4, -0.2) is 43.2 Å². The number of methoxy groups -OCH3 is 1. The number of hydrogen-bond donors (Lipinski definition) is 1. The van der Waals surface area contributed by atoms with Crippen molar-refractivity contribution in [2.24, 2.45) is 10.1 Å². The quantitative estimate of drug-likeness (QED) is 0.498. The molecule has 21 heavy (non-hydrogen) atoms. The summed E-state index contributed by atoms with van der Waals surface area (Å²) >= 11 is 0. The molecule has 2 rings (SSSR count). The average molecular weight is 286 g/mol.